The van der Waals surface area contributed by atoms with Gasteiger partial charge < -0.3 is 9.84 Å². The van der Waals surface area contributed by atoms with Crippen LogP contribution in [0.4, 0.5) is 21.0 Å². The summed E-state index contributed by atoms with van der Waals surface area (Å²) in [5.41, 5.74) is -0.346. The first-order chi connectivity index (χ1) is 10.3. The van der Waals surface area contributed by atoms with E-state index < -0.39 is 23.3 Å². The van der Waals surface area contributed by atoms with Gasteiger partial charge in [0.25, 0.3) is 0 Å². The predicted octanol–water partition coefficient (Wildman–Crippen LogP) is 5.08. The molecule has 0 bridgehead atoms. The Kier molecular flexibility index (Phi) is 5.69. The number of nitrogens with zero attached hydrogens (tertiary/aromatic N) is 1. The zero-order valence-corrected chi connectivity index (χ0v) is 15.8. The molecule has 0 aliphatic heterocycles. The van der Waals surface area contributed by atoms with Crippen LogP contribution in [0.15, 0.2) is 22.7 Å². The minimum absolute atomic E-state index is 0.437. The fraction of sp³-hybridized carbons (Fsp3) is 0.500. The van der Waals surface area contributed by atoms with E-state index in [0.717, 1.165) is 0 Å². The standard InChI is InChI=1S/C16H23BrN2O4/c1-15(2,3)19(14(21)22)10-7-8-11(17)12(9-10)18-13(20)23-16(4,5)6/h7-9H,1-6H3,(H,18,20)(H,21,22). The van der Waals surface area contributed by atoms with Gasteiger partial charge in [-0.1, -0.05) is 0 Å². The summed E-state index contributed by atoms with van der Waals surface area (Å²) in [5, 5.41) is 12.1. The third kappa shape index (κ3) is 5.74. The van der Waals surface area contributed by atoms with E-state index in [0.29, 0.717) is 15.8 Å². The molecule has 0 saturated carbocycles. The van der Waals surface area contributed by atoms with Crippen LogP contribution in [-0.4, -0.2) is 28.4 Å². The van der Waals surface area contributed by atoms with Crippen molar-refractivity contribution in [3.8, 4) is 0 Å². The molecule has 128 valence electrons. The Balaban J connectivity index is 3.13. The van der Waals surface area contributed by atoms with Crippen molar-refractivity contribution in [1.82, 2.24) is 0 Å². The Morgan fingerprint density at radius 1 is 1.17 bits per heavy atom. The van der Waals surface area contributed by atoms with Gasteiger partial charge in [-0.2, -0.15) is 0 Å². The van der Waals surface area contributed by atoms with Crippen molar-refractivity contribution >= 4 is 39.5 Å². The topological polar surface area (TPSA) is 78.9 Å². The van der Waals surface area contributed by atoms with E-state index in [1.165, 1.54) is 4.90 Å². The summed E-state index contributed by atoms with van der Waals surface area (Å²) in [6, 6.07) is 4.95. The second kappa shape index (κ2) is 6.78. The lowest BCUT2D eigenvalue weighted by atomic mass is 10.1. The molecule has 1 rings (SSSR count). The summed E-state index contributed by atoms with van der Waals surface area (Å²) < 4.78 is 5.84. The smallest absolute Gasteiger partial charge is 0.412 e. The predicted molar refractivity (Wildman–Crippen MR) is 94.3 cm³/mol. The maximum atomic E-state index is 11.9. The van der Waals surface area contributed by atoms with Crippen molar-refractivity contribution in [2.24, 2.45) is 0 Å². The summed E-state index contributed by atoms with van der Waals surface area (Å²) in [4.78, 5) is 24.7. The van der Waals surface area contributed by atoms with Crippen molar-refractivity contribution in [2.75, 3.05) is 10.2 Å². The number of amides is 2. The number of halogens is 1. The third-order valence-electron chi connectivity index (χ3n) is 2.71. The molecule has 0 unspecified atom stereocenters. The van der Waals surface area contributed by atoms with E-state index in [9.17, 15) is 14.7 Å². The molecule has 0 heterocycles. The van der Waals surface area contributed by atoms with Crippen molar-refractivity contribution < 1.29 is 19.4 Å². The molecule has 0 aliphatic rings. The molecule has 0 aliphatic carbocycles. The zero-order valence-electron chi connectivity index (χ0n) is 14.2. The second-order valence-electron chi connectivity index (χ2n) is 7.08. The molecule has 7 heteroatoms. The van der Waals surface area contributed by atoms with E-state index in [4.69, 9.17) is 4.74 Å². The number of ether oxygens (including phenoxy) is 1. The minimum Gasteiger partial charge on any atom is -0.465 e. The first-order valence-electron chi connectivity index (χ1n) is 7.14. The average molecular weight is 387 g/mol. The SMILES string of the molecule is CC(C)(C)OC(=O)Nc1cc(N(C(=O)O)C(C)(C)C)ccc1Br. The van der Waals surface area contributed by atoms with Crippen LogP contribution in [0, 0.1) is 0 Å². The van der Waals surface area contributed by atoms with Gasteiger partial charge in [0.1, 0.15) is 5.60 Å². The zero-order chi connectivity index (χ0) is 18.0. The number of carboxylic acid groups (broad SMARTS) is 1. The first-order valence-corrected chi connectivity index (χ1v) is 7.93. The Morgan fingerprint density at radius 3 is 2.17 bits per heavy atom. The molecule has 0 saturated heterocycles. The minimum atomic E-state index is -1.07. The largest absolute Gasteiger partial charge is 0.465 e. The van der Waals surface area contributed by atoms with Gasteiger partial charge in [-0.15, -0.1) is 0 Å². The first kappa shape index (κ1) is 19.3. The summed E-state index contributed by atoms with van der Waals surface area (Å²) >= 11 is 3.34. The Labute approximate surface area is 144 Å². The molecule has 0 fully saturated rings. The summed E-state index contributed by atoms with van der Waals surface area (Å²) in [7, 11) is 0. The van der Waals surface area contributed by atoms with Crippen LogP contribution in [0.5, 0.6) is 0 Å². The Hall–Kier alpha value is -1.76. The molecular weight excluding hydrogens is 364 g/mol. The van der Waals surface area contributed by atoms with Gasteiger partial charge in [0.2, 0.25) is 0 Å². The number of rotatable bonds is 2. The highest BCUT2D eigenvalue weighted by atomic mass is 79.9. The average Bonchev–Trinajstić information content (AvgIpc) is 2.28. The lowest BCUT2D eigenvalue weighted by molar-refractivity contribution is 0.0636. The lowest BCUT2D eigenvalue weighted by Gasteiger charge is -2.33. The van der Waals surface area contributed by atoms with E-state index in [2.05, 4.69) is 21.2 Å². The Bertz CT molecular complexity index is 603. The number of anilines is 2. The quantitative estimate of drug-likeness (QED) is 0.742. The van der Waals surface area contributed by atoms with Gasteiger partial charge in [-0.3, -0.25) is 10.2 Å². The Morgan fingerprint density at radius 2 is 1.74 bits per heavy atom. The summed E-state index contributed by atoms with van der Waals surface area (Å²) in [6.45, 7) is 10.7. The van der Waals surface area contributed by atoms with Crippen molar-refractivity contribution in [1.29, 1.82) is 0 Å². The fourth-order valence-electron chi connectivity index (χ4n) is 1.95. The van der Waals surface area contributed by atoms with E-state index in [1.54, 1.807) is 59.7 Å². The van der Waals surface area contributed by atoms with Gasteiger partial charge in [0.05, 0.1) is 5.69 Å². The van der Waals surface area contributed by atoms with Crippen molar-refractivity contribution in [2.45, 2.75) is 52.7 Å². The number of benzene rings is 1. The molecule has 2 N–H and O–H groups in total. The van der Waals surface area contributed by atoms with Gasteiger partial charge in [0.15, 0.2) is 0 Å². The highest BCUT2D eigenvalue weighted by molar-refractivity contribution is 9.10. The molecule has 2 amide bonds. The van der Waals surface area contributed by atoms with Crippen molar-refractivity contribution in [3.05, 3.63) is 22.7 Å². The highest BCUT2D eigenvalue weighted by Gasteiger charge is 2.28. The molecular formula is C16H23BrN2O4. The van der Waals surface area contributed by atoms with Gasteiger partial charge >= 0.3 is 12.2 Å². The maximum absolute atomic E-state index is 11.9. The van der Waals surface area contributed by atoms with Crippen LogP contribution in [0.2, 0.25) is 0 Å². The molecule has 0 radical (unpaired) electrons. The van der Waals surface area contributed by atoms with E-state index >= 15 is 0 Å². The van der Waals surface area contributed by atoms with Gasteiger partial charge in [-0.05, 0) is 75.7 Å². The number of carbonyl (C=O) groups excluding carboxylic acids is 1. The van der Waals surface area contributed by atoms with Gasteiger partial charge in [0, 0.05) is 15.7 Å². The molecule has 1 aromatic rings. The van der Waals surface area contributed by atoms with Crippen molar-refractivity contribution in [3.63, 3.8) is 0 Å². The van der Waals surface area contributed by atoms with Crippen LogP contribution >= 0.6 is 15.9 Å². The molecule has 0 spiro atoms. The molecule has 23 heavy (non-hydrogen) atoms. The fourth-order valence-corrected chi connectivity index (χ4v) is 2.29. The lowest BCUT2D eigenvalue weighted by Crippen LogP contribution is -2.45. The second-order valence-corrected chi connectivity index (χ2v) is 7.93. The van der Waals surface area contributed by atoms with E-state index in [1.807, 2.05) is 0 Å². The molecule has 0 atom stereocenters. The van der Waals surface area contributed by atoms with Gasteiger partial charge in [-0.25, -0.2) is 9.59 Å². The number of carbonyl (C=O) groups is 2. The molecule has 1 aromatic carbocycles. The summed E-state index contributed by atoms with van der Waals surface area (Å²) in [6.07, 6.45) is -1.67. The third-order valence-corrected chi connectivity index (χ3v) is 3.40. The van der Waals surface area contributed by atoms with Crippen LogP contribution in [0.1, 0.15) is 41.5 Å². The molecule has 6 nitrogen and oxygen atoms in total. The van der Waals surface area contributed by atoms with Crippen LogP contribution < -0.4 is 10.2 Å². The van der Waals surface area contributed by atoms with Crippen LogP contribution in [0.25, 0.3) is 0 Å². The monoisotopic (exact) mass is 386 g/mol. The summed E-state index contributed by atoms with van der Waals surface area (Å²) in [5.74, 6) is 0. The van der Waals surface area contributed by atoms with Crippen LogP contribution in [0.3, 0.4) is 0 Å². The van der Waals surface area contributed by atoms with E-state index in [-0.39, 0.29) is 0 Å². The highest BCUT2D eigenvalue weighted by Crippen LogP contribution is 2.31. The number of hydrogen-bond acceptors (Lipinski definition) is 3. The normalized spacial score (nSPS) is 11.8. The maximum Gasteiger partial charge on any atom is 0.412 e. The van der Waals surface area contributed by atoms with Crippen LogP contribution in [-0.2, 0) is 4.74 Å². The number of hydrogen-bond donors (Lipinski definition) is 2. The molecule has 0 aromatic heterocycles. The number of nitrogens with one attached hydrogen (secondary N) is 1.